The van der Waals surface area contributed by atoms with Crippen LogP contribution in [0, 0.1) is 0 Å². The number of hydrogen-bond donors (Lipinski definition) is 1. The number of hydrogen-bond acceptors (Lipinski definition) is 3. The molecule has 2 aliphatic rings. The summed E-state index contributed by atoms with van der Waals surface area (Å²) in [6.07, 6.45) is 0.304. The van der Waals surface area contributed by atoms with Crippen LogP contribution in [0.4, 0.5) is 10.5 Å². The van der Waals surface area contributed by atoms with Crippen molar-refractivity contribution in [1.29, 1.82) is 0 Å². The highest BCUT2D eigenvalue weighted by molar-refractivity contribution is 6.30. The fourth-order valence-corrected chi connectivity index (χ4v) is 5.13. The van der Waals surface area contributed by atoms with Crippen LogP contribution in [0.1, 0.15) is 23.6 Å². The number of benzene rings is 3. The number of carbonyl (C=O) groups is 2. The summed E-state index contributed by atoms with van der Waals surface area (Å²) in [4.78, 5) is 31.6. The zero-order valence-corrected chi connectivity index (χ0v) is 20.3. The van der Waals surface area contributed by atoms with E-state index in [4.69, 9.17) is 11.6 Å². The average Bonchev–Trinajstić information content (AvgIpc) is 3.26. The maximum atomic E-state index is 13.0. The number of piperazine rings is 1. The predicted octanol–water partition coefficient (Wildman–Crippen LogP) is 4.56. The molecule has 0 spiro atoms. The average molecular weight is 489 g/mol. The van der Waals surface area contributed by atoms with Gasteiger partial charge < -0.3 is 15.1 Å². The van der Waals surface area contributed by atoms with Crippen molar-refractivity contribution in [3.05, 3.63) is 101 Å². The van der Waals surface area contributed by atoms with Crippen LogP contribution in [0.25, 0.3) is 0 Å². The van der Waals surface area contributed by atoms with Gasteiger partial charge in [-0.25, -0.2) is 4.79 Å². The van der Waals surface area contributed by atoms with E-state index in [0.29, 0.717) is 31.1 Å². The molecule has 2 aliphatic heterocycles. The number of rotatable bonds is 5. The maximum Gasteiger partial charge on any atom is 0.317 e. The number of anilines is 1. The van der Waals surface area contributed by atoms with Crippen LogP contribution < -0.4 is 10.2 Å². The van der Waals surface area contributed by atoms with Gasteiger partial charge in [-0.05, 0) is 35.4 Å². The fraction of sp³-hybridized carbons (Fsp3) is 0.286. The second-order valence-corrected chi connectivity index (χ2v) is 9.51. The zero-order chi connectivity index (χ0) is 24.2. The van der Waals surface area contributed by atoms with Crippen molar-refractivity contribution in [2.75, 3.05) is 37.6 Å². The summed E-state index contributed by atoms with van der Waals surface area (Å²) < 4.78 is 0. The summed E-state index contributed by atoms with van der Waals surface area (Å²) in [6, 6.07) is 28.1. The molecule has 1 unspecified atom stereocenters. The summed E-state index contributed by atoms with van der Waals surface area (Å²) in [5, 5.41) is 3.71. The molecule has 0 radical (unpaired) electrons. The second-order valence-electron chi connectivity index (χ2n) is 9.08. The van der Waals surface area contributed by atoms with E-state index in [1.165, 1.54) is 11.1 Å². The second kappa shape index (κ2) is 10.5. The van der Waals surface area contributed by atoms with E-state index in [0.717, 1.165) is 18.8 Å². The van der Waals surface area contributed by atoms with Gasteiger partial charge in [0.25, 0.3) is 0 Å². The van der Waals surface area contributed by atoms with Gasteiger partial charge in [0.1, 0.15) is 0 Å². The zero-order valence-electron chi connectivity index (χ0n) is 19.5. The van der Waals surface area contributed by atoms with Gasteiger partial charge >= 0.3 is 6.03 Å². The minimum atomic E-state index is -0.204. The Hall–Kier alpha value is -3.35. The first-order valence-corrected chi connectivity index (χ1v) is 12.4. The van der Waals surface area contributed by atoms with Gasteiger partial charge in [0.05, 0.1) is 12.1 Å². The normalized spacial score (nSPS) is 18.8. The highest BCUT2D eigenvalue weighted by atomic mass is 35.5. The van der Waals surface area contributed by atoms with Gasteiger partial charge in [-0.2, -0.15) is 0 Å². The highest BCUT2D eigenvalue weighted by Crippen LogP contribution is 2.29. The molecule has 5 rings (SSSR count). The third-order valence-electron chi connectivity index (χ3n) is 6.79. The van der Waals surface area contributed by atoms with Gasteiger partial charge in [-0.1, -0.05) is 72.3 Å². The van der Waals surface area contributed by atoms with E-state index in [1.54, 1.807) is 17.0 Å². The molecule has 2 heterocycles. The van der Waals surface area contributed by atoms with Crippen molar-refractivity contribution in [2.45, 2.75) is 18.5 Å². The molecule has 3 aromatic carbocycles. The van der Waals surface area contributed by atoms with E-state index in [9.17, 15) is 9.59 Å². The Bertz CT molecular complexity index is 1110. The molecular formula is C28H29ClN4O2. The van der Waals surface area contributed by atoms with Crippen LogP contribution in [0.5, 0.6) is 0 Å². The van der Waals surface area contributed by atoms with Crippen LogP contribution in [0.2, 0.25) is 5.02 Å². The van der Waals surface area contributed by atoms with Gasteiger partial charge in [-0.15, -0.1) is 0 Å². The summed E-state index contributed by atoms with van der Waals surface area (Å²) >= 11 is 5.97. The Morgan fingerprint density at radius 2 is 1.40 bits per heavy atom. The maximum absolute atomic E-state index is 13.0. The Morgan fingerprint density at radius 1 is 0.829 bits per heavy atom. The predicted molar refractivity (Wildman–Crippen MR) is 139 cm³/mol. The molecule has 3 amide bonds. The monoisotopic (exact) mass is 488 g/mol. The van der Waals surface area contributed by atoms with Crippen LogP contribution in [0.15, 0.2) is 84.9 Å². The number of amides is 3. The third kappa shape index (κ3) is 5.34. The topological polar surface area (TPSA) is 55.9 Å². The lowest BCUT2D eigenvalue weighted by Crippen LogP contribution is -2.54. The van der Waals surface area contributed by atoms with E-state index >= 15 is 0 Å². The van der Waals surface area contributed by atoms with Crippen molar-refractivity contribution >= 4 is 29.2 Å². The third-order valence-corrected chi connectivity index (χ3v) is 7.04. The first-order chi connectivity index (χ1) is 17.1. The summed E-state index contributed by atoms with van der Waals surface area (Å²) in [7, 11) is 0. The van der Waals surface area contributed by atoms with Gasteiger partial charge in [0, 0.05) is 49.9 Å². The number of urea groups is 1. The quantitative estimate of drug-likeness (QED) is 0.572. The lowest BCUT2D eigenvalue weighted by Gasteiger charge is -2.40. The van der Waals surface area contributed by atoms with E-state index in [2.05, 4.69) is 58.7 Å². The van der Waals surface area contributed by atoms with Crippen LogP contribution in [-0.2, 0) is 4.79 Å². The molecule has 7 heteroatoms. The summed E-state index contributed by atoms with van der Waals surface area (Å²) in [5.41, 5.74) is 3.31. The molecule has 3 aromatic rings. The first kappa shape index (κ1) is 23.4. The van der Waals surface area contributed by atoms with Gasteiger partial charge in [0.2, 0.25) is 5.91 Å². The Labute approximate surface area is 211 Å². The lowest BCUT2D eigenvalue weighted by molar-refractivity contribution is -0.117. The van der Waals surface area contributed by atoms with Crippen molar-refractivity contribution in [3.8, 4) is 0 Å². The Balaban J connectivity index is 1.19. The van der Waals surface area contributed by atoms with Crippen LogP contribution in [-0.4, -0.2) is 60.5 Å². The van der Waals surface area contributed by atoms with Crippen molar-refractivity contribution in [1.82, 2.24) is 15.1 Å². The lowest BCUT2D eigenvalue weighted by atomic mass is 9.96. The van der Waals surface area contributed by atoms with Crippen molar-refractivity contribution < 1.29 is 9.59 Å². The molecule has 0 aliphatic carbocycles. The molecule has 0 bridgehead atoms. The summed E-state index contributed by atoms with van der Waals surface area (Å²) in [5.74, 6) is 0.0102. The fourth-order valence-electron chi connectivity index (χ4n) is 5.01. The van der Waals surface area contributed by atoms with E-state index in [1.807, 2.05) is 29.2 Å². The number of nitrogens with one attached hydrogen (secondary N) is 1. The van der Waals surface area contributed by atoms with E-state index < -0.39 is 0 Å². The molecule has 1 N–H and O–H groups in total. The first-order valence-electron chi connectivity index (χ1n) is 12.0. The minimum absolute atomic E-state index is 0.0102. The largest absolute Gasteiger partial charge is 0.333 e. The number of halogens is 1. The van der Waals surface area contributed by atoms with Crippen molar-refractivity contribution in [3.63, 3.8) is 0 Å². The highest BCUT2D eigenvalue weighted by Gasteiger charge is 2.34. The molecule has 35 heavy (non-hydrogen) atoms. The van der Waals surface area contributed by atoms with E-state index in [-0.39, 0.29) is 24.0 Å². The van der Waals surface area contributed by atoms with Crippen molar-refractivity contribution in [2.24, 2.45) is 0 Å². The van der Waals surface area contributed by atoms with Gasteiger partial charge in [0.15, 0.2) is 0 Å². The molecule has 180 valence electrons. The number of nitrogens with zero attached hydrogens (tertiary/aromatic N) is 3. The summed E-state index contributed by atoms with van der Waals surface area (Å²) in [6.45, 7) is 3.31. The SMILES string of the molecule is O=C(NC1CC(=O)N(c2ccc(Cl)cc2)C1)N1CCN(C(c2ccccc2)c2ccccc2)CC1. The molecule has 2 saturated heterocycles. The molecule has 6 nitrogen and oxygen atoms in total. The minimum Gasteiger partial charge on any atom is -0.333 e. The van der Waals surface area contributed by atoms with Gasteiger partial charge in [-0.3, -0.25) is 9.69 Å². The smallest absolute Gasteiger partial charge is 0.317 e. The molecule has 2 fully saturated rings. The Kier molecular flexibility index (Phi) is 7.02. The molecule has 1 atom stereocenters. The van der Waals surface area contributed by atoms with Crippen LogP contribution >= 0.6 is 11.6 Å². The molecular weight excluding hydrogens is 460 g/mol. The number of carbonyl (C=O) groups excluding carboxylic acids is 2. The molecule has 0 aromatic heterocycles. The van der Waals surface area contributed by atoms with Crippen LogP contribution in [0.3, 0.4) is 0 Å². The Morgan fingerprint density at radius 3 is 1.97 bits per heavy atom. The standard InChI is InChI=1S/C28H29ClN4O2/c29-23-11-13-25(14-12-23)33-20-24(19-26(33)34)30-28(35)32-17-15-31(16-18-32)27(21-7-3-1-4-8-21)22-9-5-2-6-10-22/h1-14,24,27H,15-20H2,(H,30,35). The molecule has 0 saturated carbocycles.